The highest BCUT2D eigenvalue weighted by atomic mass is 35.5. The molecule has 0 amide bonds. The summed E-state index contributed by atoms with van der Waals surface area (Å²) in [6, 6.07) is 21.5. The highest BCUT2D eigenvalue weighted by Crippen LogP contribution is 2.37. The van der Waals surface area contributed by atoms with E-state index in [4.69, 9.17) is 11.6 Å². The molecule has 3 aromatic carbocycles. The maximum atomic E-state index is 13.2. The third-order valence-electron chi connectivity index (χ3n) is 5.81. The molecule has 6 heteroatoms. The van der Waals surface area contributed by atoms with Crippen molar-refractivity contribution >= 4 is 27.3 Å². The van der Waals surface area contributed by atoms with Gasteiger partial charge >= 0.3 is 0 Å². The molecule has 1 aliphatic carbocycles. The molecule has 4 nitrogen and oxygen atoms in total. The van der Waals surface area contributed by atoms with E-state index < -0.39 is 10.0 Å². The molecule has 1 fully saturated rings. The van der Waals surface area contributed by atoms with Gasteiger partial charge in [0.2, 0.25) is 10.0 Å². The Morgan fingerprint density at radius 2 is 1.52 bits per heavy atom. The number of fused-ring (bicyclic) bond motifs is 3. The first-order chi connectivity index (χ1) is 14.0. The van der Waals surface area contributed by atoms with E-state index in [2.05, 4.69) is 17.0 Å². The Kier molecular flexibility index (Phi) is 4.62. The summed E-state index contributed by atoms with van der Waals surface area (Å²) in [5.74, 6) is 0. The van der Waals surface area contributed by atoms with Crippen LogP contribution in [0.4, 0.5) is 5.69 Å². The summed E-state index contributed by atoms with van der Waals surface area (Å²) in [6.07, 6.45) is 0.789. The van der Waals surface area contributed by atoms with Crippen LogP contribution in [0.25, 0.3) is 11.1 Å². The van der Waals surface area contributed by atoms with Crippen molar-refractivity contribution in [2.45, 2.75) is 11.3 Å². The molecule has 0 atom stereocenters. The minimum Gasteiger partial charge on any atom is -0.369 e. The smallest absolute Gasteiger partial charge is 0.243 e. The number of benzene rings is 3. The molecule has 0 N–H and O–H groups in total. The highest BCUT2D eigenvalue weighted by Gasteiger charge is 2.30. The van der Waals surface area contributed by atoms with Crippen molar-refractivity contribution in [2.75, 3.05) is 31.1 Å². The maximum absolute atomic E-state index is 13.2. The van der Waals surface area contributed by atoms with E-state index in [9.17, 15) is 8.42 Å². The summed E-state index contributed by atoms with van der Waals surface area (Å²) in [5, 5.41) is 0.691. The predicted octanol–water partition coefficient (Wildman–Crippen LogP) is 4.42. The minimum atomic E-state index is -3.50. The van der Waals surface area contributed by atoms with Crippen LogP contribution >= 0.6 is 11.6 Å². The lowest BCUT2D eigenvalue weighted by Crippen LogP contribution is -2.48. The van der Waals surface area contributed by atoms with Gasteiger partial charge < -0.3 is 4.90 Å². The minimum absolute atomic E-state index is 0.389. The van der Waals surface area contributed by atoms with Gasteiger partial charge in [-0.1, -0.05) is 48.0 Å². The zero-order valence-electron chi connectivity index (χ0n) is 15.9. The largest absolute Gasteiger partial charge is 0.369 e. The number of nitrogens with zero attached hydrogens (tertiary/aromatic N) is 2. The van der Waals surface area contributed by atoms with Crippen molar-refractivity contribution < 1.29 is 8.42 Å². The fourth-order valence-electron chi connectivity index (χ4n) is 4.29. The number of anilines is 1. The third kappa shape index (κ3) is 3.33. The molecule has 0 unspecified atom stereocenters. The molecule has 2 aliphatic rings. The fourth-order valence-corrected chi connectivity index (χ4v) is 5.95. The topological polar surface area (TPSA) is 40.6 Å². The van der Waals surface area contributed by atoms with Crippen molar-refractivity contribution in [2.24, 2.45) is 0 Å². The molecule has 1 saturated heterocycles. The van der Waals surface area contributed by atoms with Gasteiger partial charge in [-0.05, 0) is 59.0 Å². The molecular formula is C23H21ClN2O2S. The van der Waals surface area contributed by atoms with Crippen LogP contribution < -0.4 is 4.90 Å². The van der Waals surface area contributed by atoms with E-state index >= 15 is 0 Å². The van der Waals surface area contributed by atoms with Gasteiger partial charge in [0.1, 0.15) is 0 Å². The van der Waals surface area contributed by atoms with Crippen molar-refractivity contribution in [3.8, 4) is 11.1 Å². The monoisotopic (exact) mass is 424 g/mol. The zero-order chi connectivity index (χ0) is 20.0. The molecule has 29 heavy (non-hydrogen) atoms. The number of hydrogen-bond donors (Lipinski definition) is 0. The second-order valence-electron chi connectivity index (χ2n) is 7.52. The lowest BCUT2D eigenvalue weighted by molar-refractivity contribution is 0.385. The number of piperazine rings is 1. The Balaban J connectivity index is 1.35. The Hall–Kier alpha value is -2.34. The SMILES string of the molecule is O=S(=O)(c1ccc2c(c1)Cc1ccccc1-2)N1CCN(c2cccc(Cl)c2)CC1. The number of halogens is 1. The molecule has 0 radical (unpaired) electrons. The number of hydrogen-bond acceptors (Lipinski definition) is 3. The van der Waals surface area contributed by atoms with E-state index in [0.29, 0.717) is 36.1 Å². The predicted molar refractivity (Wildman–Crippen MR) is 117 cm³/mol. The molecule has 5 rings (SSSR count). The lowest BCUT2D eigenvalue weighted by Gasteiger charge is -2.35. The van der Waals surface area contributed by atoms with Crippen molar-refractivity contribution in [1.82, 2.24) is 4.31 Å². The maximum Gasteiger partial charge on any atom is 0.243 e. The second-order valence-corrected chi connectivity index (χ2v) is 9.90. The first kappa shape index (κ1) is 18.7. The molecule has 148 valence electrons. The number of rotatable bonds is 3. The van der Waals surface area contributed by atoms with Crippen LogP contribution in [-0.2, 0) is 16.4 Å². The van der Waals surface area contributed by atoms with E-state index in [-0.39, 0.29) is 0 Å². The van der Waals surface area contributed by atoms with Crippen molar-refractivity contribution in [3.05, 3.63) is 82.9 Å². The molecule has 1 heterocycles. The van der Waals surface area contributed by atoms with Crippen molar-refractivity contribution in [1.29, 1.82) is 0 Å². The quantitative estimate of drug-likeness (QED) is 0.488. The van der Waals surface area contributed by atoms with Crippen LogP contribution in [0.5, 0.6) is 0 Å². The molecule has 0 bridgehead atoms. The fraction of sp³-hybridized carbons (Fsp3) is 0.217. The van der Waals surface area contributed by atoms with Gasteiger partial charge in [0.15, 0.2) is 0 Å². The van der Waals surface area contributed by atoms with Crippen LogP contribution in [0.15, 0.2) is 71.6 Å². The van der Waals surface area contributed by atoms with Gasteiger partial charge in [-0.15, -0.1) is 0 Å². The van der Waals surface area contributed by atoms with Gasteiger partial charge in [0, 0.05) is 36.9 Å². The first-order valence-electron chi connectivity index (χ1n) is 9.74. The normalized spacial score (nSPS) is 16.5. The summed E-state index contributed by atoms with van der Waals surface area (Å²) in [7, 11) is -3.50. The van der Waals surface area contributed by atoms with E-state index in [1.54, 1.807) is 10.4 Å². The number of sulfonamides is 1. The lowest BCUT2D eigenvalue weighted by atomic mass is 10.1. The van der Waals surface area contributed by atoms with Gasteiger partial charge in [-0.2, -0.15) is 4.31 Å². The summed E-state index contributed by atoms with van der Waals surface area (Å²) >= 11 is 6.09. The summed E-state index contributed by atoms with van der Waals surface area (Å²) in [4.78, 5) is 2.57. The van der Waals surface area contributed by atoms with Crippen LogP contribution in [-0.4, -0.2) is 38.9 Å². The average Bonchev–Trinajstić information content (AvgIpc) is 3.12. The first-order valence-corrected chi connectivity index (χ1v) is 11.6. The summed E-state index contributed by atoms with van der Waals surface area (Å²) in [6.45, 7) is 2.23. The van der Waals surface area contributed by atoms with Crippen LogP contribution in [0, 0.1) is 0 Å². The second kappa shape index (κ2) is 7.17. The summed E-state index contributed by atoms with van der Waals surface area (Å²) in [5.41, 5.74) is 5.73. The Morgan fingerprint density at radius 3 is 2.31 bits per heavy atom. The Labute approximate surface area is 176 Å². The van der Waals surface area contributed by atoms with Gasteiger partial charge in [0.25, 0.3) is 0 Å². The van der Waals surface area contributed by atoms with Crippen LogP contribution in [0.3, 0.4) is 0 Å². The molecular weight excluding hydrogens is 404 g/mol. The molecule has 0 saturated carbocycles. The van der Waals surface area contributed by atoms with Gasteiger partial charge in [-0.25, -0.2) is 8.42 Å². The molecule has 1 aliphatic heterocycles. The molecule has 0 aromatic heterocycles. The standard InChI is InChI=1S/C23H21ClN2O2S/c24-19-5-3-6-20(16-19)25-10-12-26(13-11-25)29(27,28)21-8-9-23-18(15-21)14-17-4-1-2-7-22(17)23/h1-9,15-16H,10-14H2. The molecule has 3 aromatic rings. The van der Waals surface area contributed by atoms with Crippen LogP contribution in [0.1, 0.15) is 11.1 Å². The Bertz CT molecular complexity index is 1180. The van der Waals surface area contributed by atoms with Gasteiger partial charge in [0.05, 0.1) is 4.90 Å². The van der Waals surface area contributed by atoms with Gasteiger partial charge in [-0.3, -0.25) is 0 Å². The zero-order valence-corrected chi connectivity index (χ0v) is 17.5. The van der Waals surface area contributed by atoms with Crippen LogP contribution in [0.2, 0.25) is 5.02 Å². The van der Waals surface area contributed by atoms with E-state index in [1.807, 2.05) is 48.5 Å². The highest BCUT2D eigenvalue weighted by molar-refractivity contribution is 7.89. The third-order valence-corrected chi connectivity index (χ3v) is 7.94. The van der Waals surface area contributed by atoms with E-state index in [0.717, 1.165) is 23.2 Å². The molecule has 0 spiro atoms. The Morgan fingerprint density at radius 1 is 0.759 bits per heavy atom. The summed E-state index contributed by atoms with van der Waals surface area (Å²) < 4.78 is 28.1. The van der Waals surface area contributed by atoms with E-state index in [1.165, 1.54) is 11.1 Å². The average molecular weight is 425 g/mol. The van der Waals surface area contributed by atoms with Crippen molar-refractivity contribution in [3.63, 3.8) is 0 Å².